The summed E-state index contributed by atoms with van der Waals surface area (Å²) in [6, 6.07) is 0.264. The van der Waals surface area contributed by atoms with Crippen molar-refractivity contribution >= 4 is 11.2 Å². The molecule has 1 atom stereocenters. The number of H-pyrrole nitrogens is 1. The highest BCUT2D eigenvalue weighted by atomic mass is 15.2. The van der Waals surface area contributed by atoms with Crippen LogP contribution in [0.2, 0.25) is 0 Å². The van der Waals surface area contributed by atoms with Gasteiger partial charge < -0.3 is 10.7 Å². The second-order valence-corrected chi connectivity index (χ2v) is 4.25. The van der Waals surface area contributed by atoms with Crippen LogP contribution in [0.25, 0.3) is 11.2 Å². The van der Waals surface area contributed by atoms with Gasteiger partial charge in [0.25, 0.3) is 0 Å². The highest BCUT2D eigenvalue weighted by molar-refractivity contribution is 5.77. The molecule has 0 bridgehead atoms. The van der Waals surface area contributed by atoms with E-state index in [9.17, 15) is 0 Å². The maximum atomic E-state index is 5.83. The SMILES string of the molecule is CN1CCc2c([nH]c3nccnc23)C1CN. The molecule has 0 saturated carbocycles. The topological polar surface area (TPSA) is 70.8 Å². The third kappa shape index (κ3) is 1.25. The van der Waals surface area contributed by atoms with Crippen LogP contribution < -0.4 is 5.73 Å². The number of nitrogens with two attached hydrogens (primary N) is 1. The van der Waals surface area contributed by atoms with Crippen molar-refractivity contribution in [1.29, 1.82) is 0 Å². The summed E-state index contributed by atoms with van der Waals surface area (Å²) >= 11 is 0. The first-order valence-electron chi connectivity index (χ1n) is 5.53. The van der Waals surface area contributed by atoms with Gasteiger partial charge in [-0.3, -0.25) is 9.88 Å². The lowest BCUT2D eigenvalue weighted by Crippen LogP contribution is -2.36. The predicted molar refractivity (Wildman–Crippen MR) is 62.0 cm³/mol. The summed E-state index contributed by atoms with van der Waals surface area (Å²) in [5.74, 6) is 0. The summed E-state index contributed by atoms with van der Waals surface area (Å²) in [6.07, 6.45) is 4.47. The number of hydrogen-bond acceptors (Lipinski definition) is 4. The molecule has 0 aromatic carbocycles. The van der Waals surface area contributed by atoms with Crippen molar-refractivity contribution in [3.05, 3.63) is 23.7 Å². The molecule has 0 spiro atoms. The van der Waals surface area contributed by atoms with E-state index in [4.69, 9.17) is 5.73 Å². The zero-order valence-corrected chi connectivity index (χ0v) is 9.27. The molecule has 5 heteroatoms. The largest absolute Gasteiger partial charge is 0.340 e. The molecule has 0 amide bonds. The Morgan fingerprint density at radius 2 is 2.31 bits per heavy atom. The molecule has 1 unspecified atom stereocenters. The van der Waals surface area contributed by atoms with Crippen molar-refractivity contribution in [2.45, 2.75) is 12.5 Å². The fourth-order valence-corrected chi connectivity index (χ4v) is 2.48. The van der Waals surface area contributed by atoms with Crippen LogP contribution >= 0.6 is 0 Å². The highest BCUT2D eigenvalue weighted by Gasteiger charge is 2.27. The molecule has 2 aromatic heterocycles. The van der Waals surface area contributed by atoms with E-state index in [2.05, 4.69) is 26.9 Å². The Morgan fingerprint density at radius 3 is 3.12 bits per heavy atom. The summed E-state index contributed by atoms with van der Waals surface area (Å²) in [4.78, 5) is 14.3. The van der Waals surface area contributed by atoms with Crippen LogP contribution in [0.5, 0.6) is 0 Å². The Morgan fingerprint density at radius 1 is 1.50 bits per heavy atom. The molecule has 0 fully saturated rings. The number of rotatable bonds is 1. The first-order valence-corrected chi connectivity index (χ1v) is 5.53. The zero-order chi connectivity index (χ0) is 11.1. The number of nitrogens with one attached hydrogen (secondary N) is 1. The molecule has 1 aliphatic rings. The van der Waals surface area contributed by atoms with Gasteiger partial charge >= 0.3 is 0 Å². The quantitative estimate of drug-likeness (QED) is 0.727. The maximum Gasteiger partial charge on any atom is 0.156 e. The molecule has 0 radical (unpaired) electrons. The molecular weight excluding hydrogens is 202 g/mol. The number of hydrogen-bond donors (Lipinski definition) is 2. The van der Waals surface area contributed by atoms with Crippen LogP contribution in [0.1, 0.15) is 17.3 Å². The molecule has 3 N–H and O–H groups in total. The van der Waals surface area contributed by atoms with E-state index in [1.54, 1.807) is 12.4 Å². The smallest absolute Gasteiger partial charge is 0.156 e. The van der Waals surface area contributed by atoms with Crippen molar-refractivity contribution in [1.82, 2.24) is 19.9 Å². The molecule has 3 heterocycles. The Balaban J connectivity index is 2.22. The number of aromatic nitrogens is 3. The Bertz CT molecular complexity index is 518. The van der Waals surface area contributed by atoms with Gasteiger partial charge in [-0.15, -0.1) is 0 Å². The van der Waals surface area contributed by atoms with Gasteiger partial charge in [-0.2, -0.15) is 0 Å². The molecule has 0 saturated heterocycles. The second kappa shape index (κ2) is 3.54. The van der Waals surface area contributed by atoms with Crippen LogP contribution in [0, 0.1) is 0 Å². The van der Waals surface area contributed by atoms with Gasteiger partial charge in [-0.25, -0.2) is 4.98 Å². The van der Waals surface area contributed by atoms with Crippen molar-refractivity contribution in [3.63, 3.8) is 0 Å². The first-order chi connectivity index (χ1) is 7.81. The number of nitrogens with zero attached hydrogens (tertiary/aromatic N) is 3. The summed E-state index contributed by atoms with van der Waals surface area (Å²) in [6.45, 7) is 1.65. The van der Waals surface area contributed by atoms with E-state index in [1.165, 1.54) is 11.3 Å². The van der Waals surface area contributed by atoms with Crippen LogP contribution in [-0.2, 0) is 6.42 Å². The van der Waals surface area contributed by atoms with Crippen molar-refractivity contribution in [2.75, 3.05) is 20.1 Å². The normalized spacial score (nSPS) is 21.2. The van der Waals surface area contributed by atoms with E-state index in [-0.39, 0.29) is 6.04 Å². The summed E-state index contributed by atoms with van der Waals surface area (Å²) in [5.41, 5.74) is 10.2. The average molecular weight is 217 g/mol. The van der Waals surface area contributed by atoms with E-state index >= 15 is 0 Å². The maximum absolute atomic E-state index is 5.83. The van der Waals surface area contributed by atoms with E-state index in [0.29, 0.717) is 6.54 Å². The molecule has 1 aliphatic heterocycles. The first kappa shape index (κ1) is 9.74. The van der Waals surface area contributed by atoms with Gasteiger partial charge in [-0.1, -0.05) is 0 Å². The lowest BCUT2D eigenvalue weighted by atomic mass is 10.00. The van der Waals surface area contributed by atoms with Crippen molar-refractivity contribution in [2.24, 2.45) is 5.73 Å². The monoisotopic (exact) mass is 217 g/mol. The summed E-state index contributed by atoms with van der Waals surface area (Å²) < 4.78 is 0. The second-order valence-electron chi connectivity index (χ2n) is 4.25. The Kier molecular flexibility index (Phi) is 2.15. The standard InChI is InChI=1S/C11H15N5/c1-16-5-2-7-9(8(16)6-12)15-11-10(7)13-3-4-14-11/h3-4,8H,2,5-6,12H2,1H3,(H,14,15). The predicted octanol–water partition coefficient (Wildman–Crippen LogP) is 0.446. The average Bonchev–Trinajstić information content (AvgIpc) is 2.67. The molecule has 5 nitrogen and oxygen atoms in total. The lowest BCUT2D eigenvalue weighted by molar-refractivity contribution is 0.233. The minimum Gasteiger partial charge on any atom is -0.340 e. The van der Waals surface area contributed by atoms with Gasteiger partial charge in [-0.05, 0) is 13.5 Å². The molecule has 0 aliphatic carbocycles. The van der Waals surface area contributed by atoms with Crippen molar-refractivity contribution in [3.8, 4) is 0 Å². The van der Waals surface area contributed by atoms with E-state index in [1.807, 2.05) is 0 Å². The van der Waals surface area contributed by atoms with Crippen molar-refractivity contribution < 1.29 is 0 Å². The van der Waals surface area contributed by atoms with Gasteiger partial charge in [0.15, 0.2) is 5.65 Å². The molecule has 16 heavy (non-hydrogen) atoms. The van der Waals surface area contributed by atoms with E-state index in [0.717, 1.165) is 24.1 Å². The Labute approximate surface area is 93.7 Å². The number of aromatic amines is 1. The minimum absolute atomic E-state index is 0.264. The summed E-state index contributed by atoms with van der Waals surface area (Å²) in [7, 11) is 2.10. The van der Waals surface area contributed by atoms with Gasteiger partial charge in [0.2, 0.25) is 0 Å². The van der Waals surface area contributed by atoms with E-state index < -0.39 is 0 Å². The molecular formula is C11H15N5. The van der Waals surface area contributed by atoms with Crippen LogP contribution in [0.4, 0.5) is 0 Å². The number of fused-ring (bicyclic) bond motifs is 3. The molecule has 2 aromatic rings. The third-order valence-electron chi connectivity index (χ3n) is 3.37. The highest BCUT2D eigenvalue weighted by Crippen LogP contribution is 2.31. The van der Waals surface area contributed by atoms with Crippen LogP contribution in [0.3, 0.4) is 0 Å². The fourth-order valence-electron chi connectivity index (χ4n) is 2.48. The van der Waals surface area contributed by atoms with Crippen LogP contribution in [-0.4, -0.2) is 40.0 Å². The lowest BCUT2D eigenvalue weighted by Gasteiger charge is -2.31. The third-order valence-corrected chi connectivity index (χ3v) is 3.37. The summed E-state index contributed by atoms with van der Waals surface area (Å²) in [5, 5.41) is 0. The minimum atomic E-state index is 0.264. The number of likely N-dealkylation sites (N-methyl/N-ethyl adjacent to an activating group) is 1. The zero-order valence-electron chi connectivity index (χ0n) is 9.27. The van der Waals surface area contributed by atoms with Crippen LogP contribution in [0.15, 0.2) is 12.4 Å². The van der Waals surface area contributed by atoms with Gasteiger partial charge in [0, 0.05) is 36.7 Å². The Hall–Kier alpha value is -1.46. The molecule has 3 rings (SSSR count). The molecule has 84 valence electrons. The van der Waals surface area contributed by atoms with Gasteiger partial charge in [0.1, 0.15) is 5.52 Å². The van der Waals surface area contributed by atoms with Gasteiger partial charge in [0.05, 0.1) is 6.04 Å². The fraction of sp³-hybridized carbons (Fsp3) is 0.455.